The summed E-state index contributed by atoms with van der Waals surface area (Å²) in [6.45, 7) is 0.469. The molecule has 102 valence electrons. The number of nitrogens with two attached hydrogens (primary N) is 1. The van der Waals surface area contributed by atoms with Crippen molar-refractivity contribution in [1.29, 1.82) is 0 Å². The van der Waals surface area contributed by atoms with Gasteiger partial charge in [0.15, 0.2) is 0 Å². The summed E-state index contributed by atoms with van der Waals surface area (Å²) in [4.78, 5) is 25.0. The Labute approximate surface area is 112 Å². The Hall–Kier alpha value is -1.88. The fourth-order valence-electron chi connectivity index (χ4n) is 2.43. The third kappa shape index (κ3) is 2.93. The van der Waals surface area contributed by atoms with E-state index in [1.165, 1.54) is 4.90 Å². The molecule has 0 spiro atoms. The molecule has 0 radical (unpaired) electrons. The van der Waals surface area contributed by atoms with Crippen molar-refractivity contribution in [3.8, 4) is 0 Å². The first kappa shape index (κ1) is 13.5. The van der Waals surface area contributed by atoms with Gasteiger partial charge >= 0.3 is 5.97 Å². The first-order chi connectivity index (χ1) is 9.11. The highest BCUT2D eigenvalue weighted by molar-refractivity contribution is 5.87. The van der Waals surface area contributed by atoms with Crippen LogP contribution in [0, 0.1) is 0 Å². The molecule has 5 nitrogen and oxygen atoms in total. The smallest absolute Gasteiger partial charge is 0.326 e. The molecule has 1 aliphatic rings. The first-order valence-corrected chi connectivity index (χ1v) is 6.45. The van der Waals surface area contributed by atoms with Gasteiger partial charge in [0, 0.05) is 6.54 Å². The van der Waals surface area contributed by atoms with Crippen molar-refractivity contribution in [2.75, 3.05) is 6.54 Å². The number of likely N-dealkylation sites (tertiary alicyclic amines) is 1. The zero-order valence-electron chi connectivity index (χ0n) is 10.7. The monoisotopic (exact) mass is 262 g/mol. The summed E-state index contributed by atoms with van der Waals surface area (Å²) >= 11 is 0. The molecular formula is C14H18N2O3. The molecule has 1 fully saturated rings. The van der Waals surface area contributed by atoms with Crippen LogP contribution in [0.4, 0.5) is 0 Å². The van der Waals surface area contributed by atoms with Crippen molar-refractivity contribution < 1.29 is 14.7 Å². The second-order valence-corrected chi connectivity index (χ2v) is 4.77. The van der Waals surface area contributed by atoms with Gasteiger partial charge in [-0.2, -0.15) is 0 Å². The number of carbonyl (C=O) groups is 2. The molecule has 1 unspecified atom stereocenters. The second kappa shape index (κ2) is 5.84. The standard InChI is InChI=1S/C14H18N2O3/c15-12(10-6-2-1-3-7-10)13(17)16-9-5-4-8-11(16)14(18)19/h1-3,6-7,11-12H,4-5,8-9,15H2,(H,18,19)/t11-,12?/m0/s1. The van der Waals surface area contributed by atoms with Crippen molar-refractivity contribution in [3.05, 3.63) is 35.9 Å². The molecule has 1 saturated heterocycles. The van der Waals surface area contributed by atoms with Crippen LogP contribution in [0.5, 0.6) is 0 Å². The number of benzene rings is 1. The number of hydrogen-bond acceptors (Lipinski definition) is 3. The number of aliphatic carboxylic acids is 1. The summed E-state index contributed by atoms with van der Waals surface area (Å²) in [6, 6.07) is 7.50. The van der Waals surface area contributed by atoms with Crippen LogP contribution in [-0.2, 0) is 9.59 Å². The molecule has 0 saturated carbocycles. The summed E-state index contributed by atoms with van der Waals surface area (Å²) in [5.41, 5.74) is 6.66. The van der Waals surface area contributed by atoms with Crippen molar-refractivity contribution in [1.82, 2.24) is 4.90 Å². The number of carboxylic acids is 1. The summed E-state index contributed by atoms with van der Waals surface area (Å²) in [5.74, 6) is -1.26. The molecule has 1 aromatic rings. The normalized spacial score (nSPS) is 20.9. The Kier molecular flexibility index (Phi) is 4.16. The van der Waals surface area contributed by atoms with Gasteiger partial charge in [-0.3, -0.25) is 4.79 Å². The Bertz CT molecular complexity index is 461. The maximum atomic E-state index is 12.4. The van der Waals surface area contributed by atoms with Gasteiger partial charge < -0.3 is 15.7 Å². The van der Waals surface area contributed by atoms with E-state index in [2.05, 4.69) is 0 Å². The van der Waals surface area contributed by atoms with E-state index in [9.17, 15) is 14.7 Å². The minimum absolute atomic E-state index is 0.307. The van der Waals surface area contributed by atoms with Crippen molar-refractivity contribution in [2.45, 2.75) is 31.3 Å². The van der Waals surface area contributed by atoms with Crippen LogP contribution in [0.25, 0.3) is 0 Å². The zero-order valence-corrected chi connectivity index (χ0v) is 10.7. The molecule has 1 heterocycles. The predicted molar refractivity (Wildman–Crippen MR) is 70.4 cm³/mol. The molecular weight excluding hydrogens is 244 g/mol. The maximum Gasteiger partial charge on any atom is 0.326 e. The average Bonchev–Trinajstić information content (AvgIpc) is 2.46. The number of amides is 1. The fourth-order valence-corrected chi connectivity index (χ4v) is 2.43. The van der Waals surface area contributed by atoms with Crippen molar-refractivity contribution in [2.24, 2.45) is 5.73 Å². The molecule has 1 aliphatic heterocycles. The highest BCUT2D eigenvalue weighted by atomic mass is 16.4. The highest BCUT2D eigenvalue weighted by Crippen LogP contribution is 2.21. The SMILES string of the molecule is NC(C(=O)N1CCCC[C@H]1C(=O)O)c1ccccc1. The van der Waals surface area contributed by atoms with Gasteiger partial charge in [-0.15, -0.1) is 0 Å². The van der Waals surface area contributed by atoms with Crippen LogP contribution >= 0.6 is 0 Å². The van der Waals surface area contributed by atoms with Gasteiger partial charge in [-0.1, -0.05) is 30.3 Å². The van der Waals surface area contributed by atoms with Crippen LogP contribution < -0.4 is 5.73 Å². The lowest BCUT2D eigenvalue weighted by atomic mass is 9.99. The maximum absolute atomic E-state index is 12.4. The fraction of sp³-hybridized carbons (Fsp3) is 0.429. The van der Waals surface area contributed by atoms with Gasteiger partial charge in [0.1, 0.15) is 12.1 Å². The van der Waals surface area contributed by atoms with Gasteiger partial charge in [0.25, 0.3) is 0 Å². The van der Waals surface area contributed by atoms with Gasteiger partial charge in [0.2, 0.25) is 5.91 Å². The third-order valence-electron chi connectivity index (χ3n) is 3.50. The van der Waals surface area contributed by atoms with Gasteiger partial charge in [-0.25, -0.2) is 4.79 Å². The topological polar surface area (TPSA) is 83.6 Å². The predicted octanol–water partition coefficient (Wildman–Crippen LogP) is 1.15. The highest BCUT2D eigenvalue weighted by Gasteiger charge is 2.34. The largest absolute Gasteiger partial charge is 0.480 e. The van der Waals surface area contributed by atoms with Crippen molar-refractivity contribution in [3.63, 3.8) is 0 Å². The van der Waals surface area contributed by atoms with Gasteiger partial charge in [0.05, 0.1) is 0 Å². The second-order valence-electron chi connectivity index (χ2n) is 4.77. The molecule has 0 bridgehead atoms. The summed E-state index contributed by atoms with van der Waals surface area (Å²) in [5, 5.41) is 9.18. The van der Waals surface area contributed by atoms with E-state index in [-0.39, 0.29) is 5.91 Å². The molecule has 0 aromatic heterocycles. The summed E-state index contributed by atoms with van der Waals surface area (Å²) in [7, 11) is 0. The van der Waals surface area contributed by atoms with E-state index in [4.69, 9.17) is 5.73 Å². The Balaban J connectivity index is 2.15. The number of rotatable bonds is 3. The zero-order chi connectivity index (χ0) is 13.8. The van der Waals surface area contributed by atoms with E-state index in [0.29, 0.717) is 18.5 Å². The molecule has 3 N–H and O–H groups in total. The lowest BCUT2D eigenvalue weighted by Crippen LogP contribution is -2.50. The van der Waals surface area contributed by atoms with E-state index in [0.717, 1.165) is 12.8 Å². The van der Waals surface area contributed by atoms with Crippen molar-refractivity contribution >= 4 is 11.9 Å². The Morgan fingerprint density at radius 1 is 1.26 bits per heavy atom. The quantitative estimate of drug-likeness (QED) is 0.856. The number of hydrogen-bond donors (Lipinski definition) is 2. The van der Waals surface area contributed by atoms with Crippen LogP contribution in [0.15, 0.2) is 30.3 Å². The van der Waals surface area contributed by atoms with Crippen LogP contribution in [0.1, 0.15) is 30.9 Å². The van der Waals surface area contributed by atoms with Crippen LogP contribution in [0.2, 0.25) is 0 Å². The number of carboxylic acid groups (broad SMARTS) is 1. The summed E-state index contributed by atoms with van der Waals surface area (Å²) < 4.78 is 0. The molecule has 0 aliphatic carbocycles. The van der Waals surface area contributed by atoms with Gasteiger partial charge in [-0.05, 0) is 24.8 Å². The minimum Gasteiger partial charge on any atom is -0.480 e. The van der Waals surface area contributed by atoms with E-state index in [1.54, 1.807) is 12.1 Å². The van der Waals surface area contributed by atoms with E-state index < -0.39 is 18.1 Å². The minimum atomic E-state index is -0.951. The molecule has 1 amide bonds. The average molecular weight is 262 g/mol. The lowest BCUT2D eigenvalue weighted by molar-refractivity contribution is -0.152. The molecule has 2 rings (SSSR count). The molecule has 5 heteroatoms. The first-order valence-electron chi connectivity index (χ1n) is 6.45. The van der Waals surface area contributed by atoms with E-state index in [1.807, 2.05) is 18.2 Å². The van der Waals surface area contributed by atoms with Crippen LogP contribution in [-0.4, -0.2) is 34.5 Å². The third-order valence-corrected chi connectivity index (χ3v) is 3.50. The number of carbonyl (C=O) groups excluding carboxylic acids is 1. The molecule has 19 heavy (non-hydrogen) atoms. The van der Waals surface area contributed by atoms with E-state index >= 15 is 0 Å². The Morgan fingerprint density at radius 2 is 1.95 bits per heavy atom. The molecule has 2 atom stereocenters. The Morgan fingerprint density at radius 3 is 2.58 bits per heavy atom. The number of piperidine rings is 1. The molecule has 1 aromatic carbocycles. The lowest BCUT2D eigenvalue weighted by Gasteiger charge is -2.34. The summed E-state index contributed by atoms with van der Waals surface area (Å²) in [6.07, 6.45) is 2.17. The number of nitrogens with zero attached hydrogens (tertiary/aromatic N) is 1. The van der Waals surface area contributed by atoms with Crippen LogP contribution in [0.3, 0.4) is 0 Å².